The first kappa shape index (κ1) is 14.5. The second-order valence-electron chi connectivity index (χ2n) is 4.62. The van der Waals surface area contributed by atoms with Crippen LogP contribution in [-0.4, -0.2) is 20.3 Å². The van der Waals surface area contributed by atoms with E-state index in [-0.39, 0.29) is 0 Å². The van der Waals surface area contributed by atoms with E-state index < -0.39 is 0 Å². The average Bonchev–Trinajstić information content (AvgIpc) is 3.11. The molecule has 0 unspecified atom stereocenters. The Labute approximate surface area is 139 Å². The Hall–Kier alpha value is -1.40. The molecule has 0 saturated carbocycles. The van der Waals surface area contributed by atoms with Crippen LogP contribution in [0.2, 0.25) is 0 Å². The second kappa shape index (κ2) is 6.58. The Kier molecular flexibility index (Phi) is 4.55. The summed E-state index contributed by atoms with van der Waals surface area (Å²) in [5, 5.41) is 9.11. The zero-order chi connectivity index (χ0) is 14.7. The fraction of sp³-hybridized carbons (Fsp3) is 0.200. The van der Waals surface area contributed by atoms with Crippen molar-refractivity contribution in [1.29, 1.82) is 0 Å². The van der Waals surface area contributed by atoms with Crippen molar-refractivity contribution in [2.45, 2.75) is 13.0 Å². The first-order valence-electron chi connectivity index (χ1n) is 6.54. The van der Waals surface area contributed by atoms with Gasteiger partial charge in [0.15, 0.2) is 0 Å². The van der Waals surface area contributed by atoms with Gasteiger partial charge in [0.25, 0.3) is 0 Å². The smallest absolute Gasteiger partial charge is 0.134 e. The van der Waals surface area contributed by atoms with Crippen molar-refractivity contribution in [3.05, 3.63) is 58.5 Å². The molecule has 4 nitrogen and oxygen atoms in total. The number of hydrogen-bond acceptors (Lipinski definition) is 3. The molecule has 6 heteroatoms. The molecule has 0 aliphatic carbocycles. The van der Waals surface area contributed by atoms with Crippen LogP contribution in [-0.2, 0) is 13.0 Å². The van der Waals surface area contributed by atoms with E-state index in [0.29, 0.717) is 6.54 Å². The molecule has 0 spiro atoms. The van der Waals surface area contributed by atoms with Gasteiger partial charge in [0.2, 0.25) is 0 Å². The van der Waals surface area contributed by atoms with Crippen LogP contribution in [0.4, 0.5) is 0 Å². The summed E-state index contributed by atoms with van der Waals surface area (Å²) in [5.74, 6) is 1.72. The third-order valence-electron chi connectivity index (χ3n) is 3.04. The van der Waals surface area contributed by atoms with Gasteiger partial charge in [-0.05, 0) is 24.3 Å². The summed E-state index contributed by atoms with van der Waals surface area (Å²) >= 11 is 6.83. The van der Waals surface area contributed by atoms with Crippen LogP contribution < -0.4 is 0 Å². The predicted molar refractivity (Wildman–Crippen MR) is 88.5 cm³/mol. The number of hydrogen-bond donors (Lipinski definition) is 0. The lowest BCUT2D eigenvalue weighted by molar-refractivity contribution is 0.485. The van der Waals surface area contributed by atoms with Crippen LogP contribution in [0, 0.1) is 0 Å². The minimum absolute atomic E-state index is 0.589. The number of aromatic nitrogens is 3. The summed E-state index contributed by atoms with van der Waals surface area (Å²) in [6.07, 6.45) is 2.82. The molecule has 2 heterocycles. The molecular weight excluding hydrogens is 398 g/mol. The molecule has 21 heavy (non-hydrogen) atoms. The molecular formula is C15H13Br2N3O. The van der Waals surface area contributed by atoms with Gasteiger partial charge in [0, 0.05) is 28.0 Å². The van der Waals surface area contributed by atoms with Crippen molar-refractivity contribution in [2.75, 3.05) is 5.33 Å². The second-order valence-corrected chi connectivity index (χ2v) is 6.33. The topological polar surface area (TPSA) is 43.9 Å². The van der Waals surface area contributed by atoms with Gasteiger partial charge in [-0.1, -0.05) is 49.2 Å². The van der Waals surface area contributed by atoms with Gasteiger partial charge in [0.1, 0.15) is 18.1 Å². The van der Waals surface area contributed by atoms with E-state index in [1.165, 1.54) is 0 Å². The van der Waals surface area contributed by atoms with E-state index in [4.69, 9.17) is 4.42 Å². The third-order valence-corrected chi connectivity index (χ3v) is 3.97. The Bertz CT molecular complexity index is 719. The molecule has 3 aromatic rings. The molecule has 0 aliphatic rings. The average molecular weight is 411 g/mol. The van der Waals surface area contributed by atoms with E-state index in [9.17, 15) is 0 Å². The van der Waals surface area contributed by atoms with Gasteiger partial charge in [0.05, 0.1) is 5.69 Å². The Morgan fingerprint density at radius 1 is 1.10 bits per heavy atom. The molecule has 0 amide bonds. The minimum atomic E-state index is 0.589. The van der Waals surface area contributed by atoms with Crippen molar-refractivity contribution in [3.63, 3.8) is 0 Å². The van der Waals surface area contributed by atoms with Crippen LogP contribution >= 0.6 is 31.9 Å². The lowest BCUT2D eigenvalue weighted by Gasteiger charge is -1.98. The molecule has 0 bridgehead atoms. The van der Waals surface area contributed by atoms with Crippen LogP contribution in [0.1, 0.15) is 11.5 Å². The highest BCUT2D eigenvalue weighted by atomic mass is 79.9. The van der Waals surface area contributed by atoms with Gasteiger partial charge < -0.3 is 4.42 Å². The number of rotatable bonds is 5. The molecule has 0 radical (unpaired) electrons. The van der Waals surface area contributed by atoms with E-state index in [1.807, 2.05) is 42.6 Å². The highest BCUT2D eigenvalue weighted by Gasteiger charge is 2.07. The Balaban J connectivity index is 1.73. The van der Waals surface area contributed by atoms with Crippen molar-refractivity contribution in [2.24, 2.45) is 0 Å². The number of furan rings is 1. The summed E-state index contributed by atoms with van der Waals surface area (Å²) in [5.41, 5.74) is 2.04. The fourth-order valence-electron chi connectivity index (χ4n) is 2.02. The quantitative estimate of drug-likeness (QED) is 0.589. The molecule has 1 aromatic carbocycles. The molecule has 108 valence electrons. The standard InChI is InChI=1S/C15H13Br2N3O/c16-8-7-13-9-20(19-18-13)10-14-5-6-15(21-14)11-1-3-12(17)4-2-11/h1-6,9H,7-8,10H2. The van der Waals surface area contributed by atoms with Crippen LogP contribution in [0.15, 0.2) is 51.5 Å². The zero-order valence-electron chi connectivity index (χ0n) is 11.2. The molecule has 2 aromatic heterocycles. The molecule has 3 rings (SSSR count). The molecule has 0 fully saturated rings. The van der Waals surface area contributed by atoms with Crippen molar-refractivity contribution in [3.8, 4) is 11.3 Å². The lowest BCUT2D eigenvalue weighted by atomic mass is 10.2. The number of aryl methyl sites for hydroxylation is 1. The summed E-state index contributed by atoms with van der Waals surface area (Å²) in [6, 6.07) is 12.0. The van der Waals surface area contributed by atoms with Crippen LogP contribution in [0.3, 0.4) is 0 Å². The maximum absolute atomic E-state index is 5.87. The summed E-state index contributed by atoms with van der Waals surface area (Å²) < 4.78 is 8.72. The summed E-state index contributed by atoms with van der Waals surface area (Å²) in [4.78, 5) is 0. The maximum atomic E-state index is 5.87. The molecule has 0 saturated heterocycles. The highest BCUT2D eigenvalue weighted by Crippen LogP contribution is 2.24. The van der Waals surface area contributed by atoms with Crippen molar-refractivity contribution in [1.82, 2.24) is 15.0 Å². The first-order chi connectivity index (χ1) is 10.2. The summed E-state index contributed by atoms with van der Waals surface area (Å²) in [6.45, 7) is 0.589. The predicted octanol–water partition coefficient (Wildman–Crippen LogP) is 4.29. The number of halogens is 2. The van der Waals surface area contributed by atoms with Crippen LogP contribution in [0.25, 0.3) is 11.3 Å². The van der Waals surface area contributed by atoms with Gasteiger partial charge in [-0.15, -0.1) is 5.10 Å². The largest absolute Gasteiger partial charge is 0.459 e. The van der Waals surface area contributed by atoms with Gasteiger partial charge >= 0.3 is 0 Å². The van der Waals surface area contributed by atoms with Crippen LogP contribution in [0.5, 0.6) is 0 Å². The number of benzene rings is 1. The van der Waals surface area contributed by atoms with Crippen molar-refractivity contribution < 1.29 is 4.42 Å². The van der Waals surface area contributed by atoms with Gasteiger partial charge in [-0.3, -0.25) is 0 Å². The Morgan fingerprint density at radius 3 is 2.67 bits per heavy atom. The van der Waals surface area contributed by atoms with E-state index in [2.05, 4.69) is 42.2 Å². The molecule has 0 atom stereocenters. The first-order valence-corrected chi connectivity index (χ1v) is 8.45. The molecule has 0 aliphatic heterocycles. The lowest BCUT2D eigenvalue weighted by Crippen LogP contribution is -1.98. The molecule has 0 N–H and O–H groups in total. The minimum Gasteiger partial charge on any atom is -0.459 e. The van der Waals surface area contributed by atoms with E-state index in [1.54, 1.807) is 4.68 Å². The van der Waals surface area contributed by atoms with Gasteiger partial charge in [-0.25, -0.2) is 4.68 Å². The summed E-state index contributed by atoms with van der Waals surface area (Å²) in [7, 11) is 0. The zero-order valence-corrected chi connectivity index (χ0v) is 14.3. The highest BCUT2D eigenvalue weighted by molar-refractivity contribution is 9.10. The van der Waals surface area contributed by atoms with E-state index in [0.717, 1.165) is 39.0 Å². The van der Waals surface area contributed by atoms with Crippen molar-refractivity contribution >= 4 is 31.9 Å². The SMILES string of the molecule is BrCCc1cn(Cc2ccc(-c3ccc(Br)cc3)o2)nn1. The van der Waals surface area contributed by atoms with E-state index >= 15 is 0 Å². The maximum Gasteiger partial charge on any atom is 0.134 e. The normalized spacial score (nSPS) is 11.0. The fourth-order valence-corrected chi connectivity index (χ4v) is 2.69. The number of nitrogens with zero attached hydrogens (tertiary/aromatic N) is 3. The Morgan fingerprint density at radius 2 is 1.90 bits per heavy atom. The monoisotopic (exact) mass is 409 g/mol. The number of alkyl halides is 1. The van der Waals surface area contributed by atoms with Gasteiger partial charge in [-0.2, -0.15) is 0 Å². The third kappa shape index (κ3) is 3.63.